The van der Waals surface area contributed by atoms with Gasteiger partial charge >= 0.3 is 0 Å². The first-order valence-electron chi connectivity index (χ1n) is 16.9. The van der Waals surface area contributed by atoms with E-state index in [1.165, 1.54) is 70.6 Å². The normalized spacial score (nSPS) is 38.8. The standard InChI is InChI=1S/C35H59N3O2Si/c1-10-17-35(40-41(8,9)32(2,3)4)19-16-27-26(20-35)11-12-29-28(27)15-18-33(5)30(29)13-14-31(33)34(6,39-7)24-38-23-25(21-36)22-37-38/h22-23,26-31H,10-20,24H2,1-9H3/t26-,27+,28-,29-,30+,31+,33+,34?,35?/m1/s1. The number of nitriles is 1. The quantitative estimate of drug-likeness (QED) is 0.287. The van der Waals surface area contributed by atoms with Crippen LogP contribution in [-0.4, -0.2) is 36.4 Å². The Hall–Kier alpha value is -1.16. The van der Waals surface area contributed by atoms with Crippen LogP contribution in [0.4, 0.5) is 0 Å². The molecule has 0 bridgehead atoms. The zero-order chi connectivity index (χ0) is 29.8. The van der Waals surface area contributed by atoms with E-state index in [0.717, 1.165) is 29.6 Å². The Morgan fingerprint density at radius 3 is 2.41 bits per heavy atom. The predicted molar refractivity (Wildman–Crippen MR) is 169 cm³/mol. The van der Waals surface area contributed by atoms with Crippen molar-refractivity contribution in [1.29, 1.82) is 5.26 Å². The first-order valence-corrected chi connectivity index (χ1v) is 19.8. The van der Waals surface area contributed by atoms with E-state index in [2.05, 4.69) is 65.8 Å². The molecular weight excluding hydrogens is 522 g/mol. The number of methoxy groups -OCH3 is 1. The summed E-state index contributed by atoms with van der Waals surface area (Å²) in [5.41, 5.74) is 0.779. The average Bonchev–Trinajstić information content (AvgIpc) is 3.51. The van der Waals surface area contributed by atoms with Crippen molar-refractivity contribution in [1.82, 2.24) is 9.78 Å². The summed E-state index contributed by atoms with van der Waals surface area (Å²) < 4.78 is 15.7. The van der Waals surface area contributed by atoms with Crippen molar-refractivity contribution in [3.63, 3.8) is 0 Å². The molecule has 4 saturated carbocycles. The zero-order valence-electron chi connectivity index (χ0n) is 27.8. The van der Waals surface area contributed by atoms with Crippen molar-refractivity contribution in [3.05, 3.63) is 18.0 Å². The zero-order valence-corrected chi connectivity index (χ0v) is 28.8. The number of hydrogen-bond acceptors (Lipinski definition) is 4. The highest BCUT2D eigenvalue weighted by atomic mass is 28.4. The SMILES string of the molecule is CCCC1(O[Si](C)(C)C(C)(C)C)CC[C@H]2[C@H](CC[C@@H]3[C@@H]2CC[C@]2(C)[C@@H](C(C)(Cn4cc(C#N)cn4)OC)CC[C@@H]32)C1. The molecule has 1 heterocycles. The van der Waals surface area contributed by atoms with Crippen LogP contribution in [0.5, 0.6) is 0 Å². The minimum Gasteiger partial charge on any atom is -0.411 e. The summed E-state index contributed by atoms with van der Waals surface area (Å²) in [4.78, 5) is 0. The third kappa shape index (κ3) is 5.51. The van der Waals surface area contributed by atoms with E-state index >= 15 is 0 Å². The minimum atomic E-state index is -1.81. The first-order chi connectivity index (χ1) is 19.2. The van der Waals surface area contributed by atoms with E-state index in [4.69, 9.17) is 9.16 Å². The second kappa shape index (κ2) is 11.1. The van der Waals surface area contributed by atoms with E-state index in [9.17, 15) is 5.26 Å². The Balaban J connectivity index is 1.31. The summed E-state index contributed by atoms with van der Waals surface area (Å²) in [5, 5.41) is 14.1. The lowest BCUT2D eigenvalue weighted by Crippen LogP contribution is -2.56. The molecule has 0 spiro atoms. The van der Waals surface area contributed by atoms with E-state index in [-0.39, 0.29) is 16.2 Å². The third-order valence-electron chi connectivity index (χ3n) is 13.5. The van der Waals surface area contributed by atoms with Crippen LogP contribution in [-0.2, 0) is 15.7 Å². The largest absolute Gasteiger partial charge is 0.411 e. The Kier molecular flexibility index (Phi) is 8.45. The lowest BCUT2D eigenvalue weighted by atomic mass is 9.48. The van der Waals surface area contributed by atoms with Gasteiger partial charge in [-0.15, -0.1) is 0 Å². The molecule has 0 aliphatic heterocycles. The van der Waals surface area contributed by atoms with Crippen LogP contribution in [0.2, 0.25) is 18.1 Å². The number of aromatic nitrogens is 2. The molecule has 4 fully saturated rings. The van der Waals surface area contributed by atoms with Crippen molar-refractivity contribution in [2.45, 2.75) is 148 Å². The molecule has 5 rings (SSSR count). The number of hydrogen-bond donors (Lipinski definition) is 0. The summed E-state index contributed by atoms with van der Waals surface area (Å²) in [6, 6.07) is 2.23. The Morgan fingerprint density at radius 2 is 1.78 bits per heavy atom. The van der Waals surface area contributed by atoms with Gasteiger partial charge < -0.3 is 9.16 Å². The van der Waals surface area contributed by atoms with Gasteiger partial charge in [0.15, 0.2) is 8.32 Å². The smallest absolute Gasteiger partial charge is 0.192 e. The molecule has 0 saturated heterocycles. The number of nitrogens with zero attached hydrogens (tertiary/aromatic N) is 3. The number of ether oxygens (including phenoxy) is 1. The van der Waals surface area contributed by atoms with Crippen molar-refractivity contribution >= 4 is 8.32 Å². The topological polar surface area (TPSA) is 60.1 Å². The molecule has 1 aromatic heterocycles. The molecule has 2 unspecified atom stereocenters. The van der Waals surface area contributed by atoms with E-state index < -0.39 is 8.32 Å². The molecule has 5 nitrogen and oxygen atoms in total. The lowest BCUT2D eigenvalue weighted by molar-refractivity contribution is -0.137. The van der Waals surface area contributed by atoms with Crippen LogP contribution in [0.25, 0.3) is 0 Å². The van der Waals surface area contributed by atoms with E-state index in [0.29, 0.717) is 23.4 Å². The van der Waals surface area contributed by atoms with Gasteiger partial charge in [0.25, 0.3) is 0 Å². The number of fused-ring (bicyclic) bond motifs is 5. The van der Waals surface area contributed by atoms with Gasteiger partial charge in [0, 0.05) is 13.3 Å². The Bertz CT molecular complexity index is 1120. The summed E-state index contributed by atoms with van der Waals surface area (Å²) in [7, 11) is 0.0746. The van der Waals surface area contributed by atoms with Crippen LogP contribution in [0.3, 0.4) is 0 Å². The van der Waals surface area contributed by atoms with Gasteiger partial charge in [0.2, 0.25) is 0 Å². The molecule has 0 aromatic carbocycles. The van der Waals surface area contributed by atoms with Crippen LogP contribution < -0.4 is 0 Å². The highest BCUT2D eigenvalue weighted by molar-refractivity contribution is 6.74. The molecular formula is C35H59N3O2Si. The number of rotatable bonds is 8. The van der Waals surface area contributed by atoms with E-state index in [1.807, 2.05) is 18.0 Å². The van der Waals surface area contributed by atoms with Gasteiger partial charge in [-0.3, -0.25) is 4.68 Å². The summed E-state index contributed by atoms with van der Waals surface area (Å²) in [6.07, 6.45) is 18.1. The average molecular weight is 582 g/mol. The van der Waals surface area contributed by atoms with Crippen LogP contribution >= 0.6 is 0 Å². The second-order valence-corrected chi connectivity index (χ2v) is 21.4. The van der Waals surface area contributed by atoms with Gasteiger partial charge in [-0.05, 0) is 130 Å². The molecule has 4 aliphatic carbocycles. The lowest BCUT2D eigenvalue weighted by Gasteiger charge is -2.59. The summed E-state index contributed by atoms with van der Waals surface area (Å²) in [6.45, 7) is 20.1. The first kappa shape index (κ1) is 31.3. The molecule has 0 amide bonds. The molecule has 41 heavy (non-hydrogen) atoms. The Morgan fingerprint density at radius 1 is 1.05 bits per heavy atom. The Labute approximate surface area is 252 Å². The molecule has 230 valence electrons. The van der Waals surface area contributed by atoms with Crippen LogP contribution in [0.15, 0.2) is 12.4 Å². The maximum atomic E-state index is 9.30. The highest BCUT2D eigenvalue weighted by Crippen LogP contribution is 2.67. The molecule has 0 N–H and O–H groups in total. The van der Waals surface area contributed by atoms with Crippen molar-refractivity contribution in [2.75, 3.05) is 7.11 Å². The van der Waals surface area contributed by atoms with Crippen molar-refractivity contribution in [3.8, 4) is 6.07 Å². The molecule has 0 radical (unpaired) electrons. The molecule has 1 aromatic rings. The predicted octanol–water partition coefficient (Wildman–Crippen LogP) is 8.99. The van der Waals surface area contributed by atoms with Crippen LogP contribution in [0, 0.1) is 52.3 Å². The third-order valence-corrected chi connectivity index (χ3v) is 18.1. The maximum absolute atomic E-state index is 9.30. The molecule has 9 atom stereocenters. The van der Waals surface area contributed by atoms with Gasteiger partial charge in [0.1, 0.15) is 6.07 Å². The fraction of sp³-hybridized carbons (Fsp3) is 0.886. The van der Waals surface area contributed by atoms with Crippen molar-refractivity contribution < 1.29 is 9.16 Å². The maximum Gasteiger partial charge on any atom is 0.192 e. The van der Waals surface area contributed by atoms with Gasteiger partial charge in [0.05, 0.1) is 29.5 Å². The second-order valence-electron chi connectivity index (χ2n) is 16.7. The van der Waals surface area contributed by atoms with Crippen LogP contribution in [0.1, 0.15) is 118 Å². The van der Waals surface area contributed by atoms with Crippen molar-refractivity contribution in [2.24, 2.45) is 40.9 Å². The van der Waals surface area contributed by atoms with Gasteiger partial charge in [-0.2, -0.15) is 10.4 Å². The monoisotopic (exact) mass is 581 g/mol. The molecule has 4 aliphatic rings. The molecule has 6 heteroatoms. The summed E-state index contributed by atoms with van der Waals surface area (Å²) >= 11 is 0. The van der Waals surface area contributed by atoms with E-state index in [1.54, 1.807) is 6.20 Å². The minimum absolute atomic E-state index is 0.117. The fourth-order valence-electron chi connectivity index (χ4n) is 10.6. The highest BCUT2D eigenvalue weighted by Gasteiger charge is 2.61. The summed E-state index contributed by atoms with van der Waals surface area (Å²) in [5.74, 6) is 4.83. The van der Waals surface area contributed by atoms with Gasteiger partial charge in [-0.25, -0.2) is 0 Å². The fourth-order valence-corrected chi connectivity index (χ4v) is 12.3. The van der Waals surface area contributed by atoms with Gasteiger partial charge in [-0.1, -0.05) is 41.0 Å².